The van der Waals surface area contributed by atoms with Crippen molar-refractivity contribution >= 4 is 63.5 Å². The van der Waals surface area contributed by atoms with Crippen molar-refractivity contribution in [2.45, 2.75) is 26.2 Å². The first-order chi connectivity index (χ1) is 14.8. The van der Waals surface area contributed by atoms with E-state index in [1.165, 1.54) is 30.6 Å². The Morgan fingerprint density at radius 2 is 2.03 bits per heavy atom. The number of halogens is 2. The minimum Gasteiger partial charge on any atom is -0.465 e. The van der Waals surface area contributed by atoms with Crippen LogP contribution in [0.5, 0.6) is 0 Å². The predicted octanol–water partition coefficient (Wildman–Crippen LogP) is 5.16. The molecule has 1 aliphatic rings. The number of benzene rings is 1. The number of hydrogen-bond donors (Lipinski definition) is 1. The highest BCUT2D eigenvalue weighted by Gasteiger charge is 2.28. The molecule has 3 rings (SSSR count). The van der Waals surface area contributed by atoms with Gasteiger partial charge in [-0.15, -0.1) is 11.3 Å². The van der Waals surface area contributed by atoms with Gasteiger partial charge in [-0.3, -0.25) is 4.79 Å². The molecule has 1 aromatic heterocycles. The third-order valence-electron chi connectivity index (χ3n) is 4.86. The van der Waals surface area contributed by atoms with Gasteiger partial charge in [0, 0.05) is 11.0 Å². The van der Waals surface area contributed by atoms with E-state index >= 15 is 0 Å². The van der Waals surface area contributed by atoms with Crippen LogP contribution in [-0.4, -0.2) is 31.6 Å². The van der Waals surface area contributed by atoms with Crippen molar-refractivity contribution in [1.82, 2.24) is 0 Å². The molecule has 1 aliphatic carbocycles. The fourth-order valence-corrected chi connectivity index (χ4v) is 5.01. The number of esters is 2. The summed E-state index contributed by atoms with van der Waals surface area (Å²) in [5.41, 5.74) is 2.00. The lowest BCUT2D eigenvalue weighted by atomic mass is 9.88. The van der Waals surface area contributed by atoms with Crippen molar-refractivity contribution in [1.29, 1.82) is 0 Å². The molecule has 0 saturated carbocycles. The highest BCUT2D eigenvalue weighted by atomic mass is 35.5. The number of nitrogens with one attached hydrogen (secondary N) is 1. The zero-order chi connectivity index (χ0) is 22.5. The maximum atomic E-state index is 12.3. The normalized spacial score (nSPS) is 15.4. The molecule has 6 nitrogen and oxygen atoms in total. The smallest absolute Gasteiger partial charge is 0.341 e. The minimum atomic E-state index is -0.686. The second-order valence-electron chi connectivity index (χ2n) is 7.21. The molecule has 1 amide bonds. The third-order valence-corrected chi connectivity index (χ3v) is 6.76. The van der Waals surface area contributed by atoms with Crippen LogP contribution in [0.2, 0.25) is 10.0 Å². The summed E-state index contributed by atoms with van der Waals surface area (Å²) in [6.07, 6.45) is 5.30. The second-order valence-corrected chi connectivity index (χ2v) is 9.13. The molecule has 0 saturated heterocycles. The first-order valence-electron chi connectivity index (χ1n) is 9.61. The van der Waals surface area contributed by atoms with Gasteiger partial charge in [-0.25, -0.2) is 9.59 Å². The highest BCUT2D eigenvalue weighted by Crippen LogP contribution is 2.40. The summed E-state index contributed by atoms with van der Waals surface area (Å²) in [5.74, 6) is -1.19. The number of amides is 1. The Morgan fingerprint density at radius 3 is 2.74 bits per heavy atom. The zero-order valence-corrected chi connectivity index (χ0v) is 19.3. The Morgan fingerprint density at radius 1 is 1.26 bits per heavy atom. The average Bonchev–Trinajstić information content (AvgIpc) is 3.09. The SMILES string of the molecule is COC(=O)c1c(NC(=O)COC(=O)/C=C/c2ccc(Cl)c(Cl)c2)sc2c1CC[C@@H](C)C2. The van der Waals surface area contributed by atoms with Crippen LogP contribution in [0.25, 0.3) is 6.08 Å². The van der Waals surface area contributed by atoms with E-state index < -0.39 is 24.5 Å². The molecule has 0 aliphatic heterocycles. The maximum Gasteiger partial charge on any atom is 0.341 e. The van der Waals surface area contributed by atoms with E-state index in [2.05, 4.69) is 12.2 Å². The zero-order valence-electron chi connectivity index (χ0n) is 17.0. The lowest BCUT2D eigenvalue weighted by Gasteiger charge is -2.18. The Bertz CT molecular complexity index is 1050. The molecule has 31 heavy (non-hydrogen) atoms. The first-order valence-corrected chi connectivity index (χ1v) is 11.2. The van der Waals surface area contributed by atoms with Gasteiger partial charge in [0.05, 0.1) is 22.7 Å². The lowest BCUT2D eigenvalue weighted by molar-refractivity contribution is -0.142. The van der Waals surface area contributed by atoms with Gasteiger partial charge in [-0.2, -0.15) is 0 Å². The summed E-state index contributed by atoms with van der Waals surface area (Å²) in [5, 5.41) is 3.89. The summed E-state index contributed by atoms with van der Waals surface area (Å²) in [7, 11) is 1.31. The largest absolute Gasteiger partial charge is 0.465 e. The number of hydrogen-bond acceptors (Lipinski definition) is 6. The molecule has 0 bridgehead atoms. The van der Waals surface area contributed by atoms with Gasteiger partial charge >= 0.3 is 11.9 Å². The summed E-state index contributed by atoms with van der Waals surface area (Å²) in [6, 6.07) is 4.91. The van der Waals surface area contributed by atoms with E-state index in [9.17, 15) is 14.4 Å². The number of thiophene rings is 1. The second kappa shape index (κ2) is 10.3. The number of ether oxygens (including phenoxy) is 2. The van der Waals surface area contributed by atoms with Crippen molar-refractivity contribution in [3.8, 4) is 0 Å². The Kier molecular flexibility index (Phi) is 7.75. The third kappa shape index (κ3) is 5.87. The highest BCUT2D eigenvalue weighted by molar-refractivity contribution is 7.17. The van der Waals surface area contributed by atoms with Crippen LogP contribution in [-0.2, 0) is 31.9 Å². The molecule has 1 aromatic carbocycles. The van der Waals surface area contributed by atoms with E-state index in [1.807, 2.05) is 0 Å². The number of anilines is 1. The molecule has 0 fully saturated rings. The van der Waals surface area contributed by atoms with E-state index in [0.717, 1.165) is 29.7 Å². The van der Waals surface area contributed by atoms with Crippen molar-refractivity contribution in [3.63, 3.8) is 0 Å². The van der Waals surface area contributed by atoms with Crippen molar-refractivity contribution in [2.24, 2.45) is 5.92 Å². The maximum absolute atomic E-state index is 12.3. The molecule has 0 radical (unpaired) electrons. The molecular weight excluding hydrogens is 461 g/mol. The number of fused-ring (bicyclic) bond motifs is 1. The van der Waals surface area contributed by atoms with Crippen LogP contribution in [0, 0.1) is 5.92 Å². The van der Waals surface area contributed by atoms with Gasteiger partial charge in [-0.1, -0.05) is 36.2 Å². The topological polar surface area (TPSA) is 81.7 Å². The standard InChI is InChI=1S/C22H21Cl2NO5S/c1-12-3-6-14-17(9-12)31-21(20(14)22(28)29-2)25-18(26)11-30-19(27)8-5-13-4-7-15(23)16(24)10-13/h4-5,7-8,10,12H,3,6,9,11H2,1-2H3,(H,25,26)/b8-5+/t12-/m1/s1. The van der Waals surface area contributed by atoms with Crippen LogP contribution in [0.1, 0.15) is 39.7 Å². The molecule has 1 heterocycles. The summed E-state index contributed by atoms with van der Waals surface area (Å²) < 4.78 is 9.89. The molecule has 2 aromatic rings. The van der Waals surface area contributed by atoms with Gasteiger partial charge in [0.15, 0.2) is 6.61 Å². The van der Waals surface area contributed by atoms with Gasteiger partial charge in [-0.05, 0) is 54.5 Å². The molecule has 0 unspecified atom stereocenters. The van der Waals surface area contributed by atoms with E-state index in [0.29, 0.717) is 32.1 Å². The summed E-state index contributed by atoms with van der Waals surface area (Å²) in [4.78, 5) is 37.6. The number of carbonyl (C=O) groups is 3. The van der Waals surface area contributed by atoms with Crippen LogP contribution in [0.15, 0.2) is 24.3 Å². The number of methoxy groups -OCH3 is 1. The van der Waals surface area contributed by atoms with Gasteiger partial charge < -0.3 is 14.8 Å². The van der Waals surface area contributed by atoms with Crippen LogP contribution < -0.4 is 5.32 Å². The number of carbonyl (C=O) groups excluding carboxylic acids is 3. The molecule has 9 heteroatoms. The fourth-order valence-electron chi connectivity index (χ4n) is 3.28. The van der Waals surface area contributed by atoms with Crippen molar-refractivity contribution in [3.05, 3.63) is 55.9 Å². The molecule has 1 N–H and O–H groups in total. The van der Waals surface area contributed by atoms with Crippen LogP contribution in [0.3, 0.4) is 0 Å². The molecular formula is C22H21Cl2NO5S. The summed E-state index contributed by atoms with van der Waals surface area (Å²) >= 11 is 13.2. The van der Waals surface area contributed by atoms with Gasteiger partial charge in [0.2, 0.25) is 0 Å². The molecule has 1 atom stereocenters. The average molecular weight is 482 g/mol. The fraction of sp³-hybridized carbons (Fsp3) is 0.318. The number of rotatable bonds is 6. The van der Waals surface area contributed by atoms with E-state index in [4.69, 9.17) is 32.7 Å². The quantitative estimate of drug-likeness (QED) is 0.454. The lowest BCUT2D eigenvalue weighted by Crippen LogP contribution is -2.21. The minimum absolute atomic E-state index is 0.367. The summed E-state index contributed by atoms with van der Waals surface area (Å²) in [6.45, 7) is 1.67. The van der Waals surface area contributed by atoms with Crippen molar-refractivity contribution < 1.29 is 23.9 Å². The van der Waals surface area contributed by atoms with E-state index in [-0.39, 0.29) is 0 Å². The molecule has 164 valence electrons. The van der Waals surface area contributed by atoms with Gasteiger partial charge in [0.1, 0.15) is 5.00 Å². The predicted molar refractivity (Wildman–Crippen MR) is 122 cm³/mol. The van der Waals surface area contributed by atoms with Crippen molar-refractivity contribution in [2.75, 3.05) is 19.0 Å². The Labute approximate surface area is 194 Å². The van der Waals surface area contributed by atoms with Gasteiger partial charge in [0.25, 0.3) is 5.91 Å². The van der Waals surface area contributed by atoms with E-state index in [1.54, 1.807) is 18.2 Å². The molecule has 0 spiro atoms. The van der Waals surface area contributed by atoms with Crippen LogP contribution >= 0.6 is 34.5 Å². The first kappa shape index (κ1) is 23.3. The Hall–Kier alpha value is -2.35. The Balaban J connectivity index is 1.61. The van der Waals surface area contributed by atoms with Crippen LogP contribution in [0.4, 0.5) is 5.00 Å². The monoisotopic (exact) mass is 481 g/mol.